The average Bonchev–Trinajstić information content (AvgIpc) is 1.82. The summed E-state index contributed by atoms with van der Waals surface area (Å²) in [6.45, 7) is 9.22. The highest BCUT2D eigenvalue weighted by Crippen LogP contribution is 2.23. The first kappa shape index (κ1) is 10.9. The van der Waals surface area contributed by atoms with Crippen molar-refractivity contribution in [3.63, 3.8) is 0 Å². The van der Waals surface area contributed by atoms with E-state index < -0.39 is 11.7 Å². The van der Waals surface area contributed by atoms with Crippen LogP contribution in [0.2, 0.25) is 0 Å². The van der Waals surface area contributed by atoms with Crippen molar-refractivity contribution in [2.75, 3.05) is 0 Å². The van der Waals surface area contributed by atoms with Crippen molar-refractivity contribution >= 4 is 0 Å². The second kappa shape index (κ2) is 3.55. The van der Waals surface area contributed by atoms with Crippen molar-refractivity contribution in [3.05, 3.63) is 0 Å². The lowest BCUT2D eigenvalue weighted by molar-refractivity contribution is -0.0534. The van der Waals surface area contributed by atoms with Gasteiger partial charge in [-0.3, -0.25) is 0 Å². The third-order valence-corrected chi connectivity index (χ3v) is 2.31. The van der Waals surface area contributed by atoms with Gasteiger partial charge >= 0.3 is 0 Å². The Morgan fingerprint density at radius 2 is 1.45 bits per heavy atom. The molecule has 0 rings (SSSR count). The molecular formula is C9H20O2. The van der Waals surface area contributed by atoms with Crippen molar-refractivity contribution in [1.29, 1.82) is 0 Å². The predicted molar refractivity (Wildman–Crippen MR) is 46.3 cm³/mol. The van der Waals surface area contributed by atoms with E-state index in [1.54, 1.807) is 13.8 Å². The number of rotatable bonds is 3. The van der Waals surface area contributed by atoms with E-state index in [2.05, 4.69) is 0 Å². The molecule has 2 heteroatoms. The zero-order valence-corrected chi connectivity index (χ0v) is 8.13. The van der Waals surface area contributed by atoms with E-state index >= 15 is 0 Å². The predicted octanol–water partition coefficient (Wildman–Crippen LogP) is 1.41. The number of aliphatic hydroxyl groups excluding tert-OH is 1. The molecule has 0 heterocycles. The van der Waals surface area contributed by atoms with E-state index in [1.807, 2.05) is 20.8 Å². The van der Waals surface area contributed by atoms with Crippen molar-refractivity contribution in [1.82, 2.24) is 0 Å². The molecule has 0 saturated heterocycles. The molecule has 0 unspecified atom stereocenters. The summed E-state index contributed by atoms with van der Waals surface area (Å²) >= 11 is 0. The lowest BCUT2D eigenvalue weighted by Crippen LogP contribution is -2.39. The highest BCUT2D eigenvalue weighted by Gasteiger charge is 2.30. The van der Waals surface area contributed by atoms with Crippen LogP contribution in [-0.4, -0.2) is 21.9 Å². The standard InChI is InChI=1S/C9H20O2/c1-6(2)8(10)7(3)9(4,5)11/h6-8,10-11H,1-5H3/t7-,8+/m1/s1. The second-order valence-electron chi connectivity index (χ2n) is 4.18. The Balaban J connectivity index is 4.13. The van der Waals surface area contributed by atoms with Crippen LogP contribution in [0.15, 0.2) is 0 Å². The SMILES string of the molecule is CC(C)[C@H](O)[C@@H](C)C(C)(C)O. The maximum absolute atomic E-state index is 9.57. The molecule has 2 N–H and O–H groups in total. The third kappa shape index (κ3) is 3.21. The summed E-state index contributed by atoms with van der Waals surface area (Å²) in [5, 5.41) is 19.1. The Hall–Kier alpha value is -0.0800. The Morgan fingerprint density at radius 1 is 1.09 bits per heavy atom. The zero-order chi connectivity index (χ0) is 9.23. The molecule has 68 valence electrons. The quantitative estimate of drug-likeness (QED) is 0.655. The van der Waals surface area contributed by atoms with Gasteiger partial charge in [0, 0.05) is 5.92 Å². The minimum Gasteiger partial charge on any atom is -0.392 e. The summed E-state index contributed by atoms with van der Waals surface area (Å²) in [7, 11) is 0. The minimum absolute atomic E-state index is 0.0810. The summed E-state index contributed by atoms with van der Waals surface area (Å²) in [6, 6.07) is 0. The molecule has 0 aliphatic heterocycles. The highest BCUT2D eigenvalue weighted by atomic mass is 16.3. The van der Waals surface area contributed by atoms with Crippen LogP contribution in [-0.2, 0) is 0 Å². The van der Waals surface area contributed by atoms with Crippen LogP contribution in [0.3, 0.4) is 0 Å². The third-order valence-electron chi connectivity index (χ3n) is 2.31. The fourth-order valence-corrected chi connectivity index (χ4v) is 0.995. The van der Waals surface area contributed by atoms with Gasteiger partial charge in [-0.1, -0.05) is 20.8 Å². The lowest BCUT2D eigenvalue weighted by atomic mass is 9.83. The monoisotopic (exact) mass is 160 g/mol. The first-order valence-corrected chi connectivity index (χ1v) is 4.17. The number of hydrogen-bond donors (Lipinski definition) is 2. The van der Waals surface area contributed by atoms with Crippen LogP contribution in [0.5, 0.6) is 0 Å². The van der Waals surface area contributed by atoms with Gasteiger partial charge < -0.3 is 10.2 Å². The van der Waals surface area contributed by atoms with E-state index in [1.165, 1.54) is 0 Å². The molecule has 0 amide bonds. The molecule has 0 aliphatic rings. The van der Waals surface area contributed by atoms with Gasteiger partial charge in [0.1, 0.15) is 0 Å². The molecule has 11 heavy (non-hydrogen) atoms. The van der Waals surface area contributed by atoms with Gasteiger partial charge in [-0.15, -0.1) is 0 Å². The fraction of sp³-hybridized carbons (Fsp3) is 1.00. The van der Waals surface area contributed by atoms with Crippen LogP contribution in [0.25, 0.3) is 0 Å². The van der Waals surface area contributed by atoms with Gasteiger partial charge in [0.15, 0.2) is 0 Å². The largest absolute Gasteiger partial charge is 0.392 e. The molecule has 0 bridgehead atoms. The summed E-state index contributed by atoms with van der Waals surface area (Å²) in [6.07, 6.45) is -0.421. The molecule has 0 spiro atoms. The molecule has 0 aliphatic carbocycles. The van der Waals surface area contributed by atoms with Gasteiger partial charge in [-0.05, 0) is 19.8 Å². The van der Waals surface area contributed by atoms with Crippen molar-refractivity contribution in [3.8, 4) is 0 Å². The zero-order valence-electron chi connectivity index (χ0n) is 8.13. The maximum atomic E-state index is 9.57. The molecule has 0 aromatic rings. The van der Waals surface area contributed by atoms with Crippen LogP contribution >= 0.6 is 0 Å². The molecule has 0 saturated carbocycles. The normalized spacial score (nSPS) is 18.5. The molecule has 0 aromatic carbocycles. The average molecular weight is 160 g/mol. The molecule has 0 aromatic heterocycles. The van der Waals surface area contributed by atoms with E-state index in [-0.39, 0.29) is 11.8 Å². The molecule has 0 fully saturated rings. The maximum Gasteiger partial charge on any atom is 0.0641 e. The van der Waals surface area contributed by atoms with Crippen molar-refractivity contribution < 1.29 is 10.2 Å². The Morgan fingerprint density at radius 3 is 1.55 bits per heavy atom. The van der Waals surface area contributed by atoms with E-state index in [0.29, 0.717) is 0 Å². The van der Waals surface area contributed by atoms with Gasteiger partial charge in [0.25, 0.3) is 0 Å². The van der Waals surface area contributed by atoms with Crippen LogP contribution in [0.1, 0.15) is 34.6 Å². The van der Waals surface area contributed by atoms with Gasteiger partial charge in [0.05, 0.1) is 11.7 Å². The van der Waals surface area contributed by atoms with Crippen LogP contribution in [0.4, 0.5) is 0 Å². The Kier molecular flexibility index (Phi) is 3.52. The lowest BCUT2D eigenvalue weighted by Gasteiger charge is -2.32. The highest BCUT2D eigenvalue weighted by molar-refractivity contribution is 4.80. The fourth-order valence-electron chi connectivity index (χ4n) is 0.995. The van der Waals surface area contributed by atoms with E-state index in [4.69, 9.17) is 0 Å². The van der Waals surface area contributed by atoms with Gasteiger partial charge in [0.2, 0.25) is 0 Å². The number of aliphatic hydroxyl groups is 2. The first-order chi connectivity index (χ1) is 4.76. The van der Waals surface area contributed by atoms with Gasteiger partial charge in [-0.2, -0.15) is 0 Å². The van der Waals surface area contributed by atoms with Crippen molar-refractivity contribution in [2.24, 2.45) is 11.8 Å². The molecule has 2 atom stereocenters. The second-order valence-corrected chi connectivity index (χ2v) is 4.18. The van der Waals surface area contributed by atoms with E-state index in [9.17, 15) is 10.2 Å². The smallest absolute Gasteiger partial charge is 0.0641 e. The topological polar surface area (TPSA) is 40.5 Å². The Bertz CT molecular complexity index is 113. The number of hydrogen-bond acceptors (Lipinski definition) is 2. The van der Waals surface area contributed by atoms with Crippen LogP contribution < -0.4 is 0 Å². The summed E-state index contributed by atoms with van der Waals surface area (Å²) in [5.41, 5.74) is -0.788. The van der Waals surface area contributed by atoms with Crippen LogP contribution in [0, 0.1) is 11.8 Å². The van der Waals surface area contributed by atoms with E-state index in [0.717, 1.165) is 0 Å². The minimum atomic E-state index is -0.788. The van der Waals surface area contributed by atoms with Crippen molar-refractivity contribution in [2.45, 2.75) is 46.3 Å². The van der Waals surface area contributed by atoms with Gasteiger partial charge in [-0.25, -0.2) is 0 Å². The molecule has 0 radical (unpaired) electrons. The molecular weight excluding hydrogens is 140 g/mol. The summed E-state index contributed by atoms with van der Waals surface area (Å²) in [5.74, 6) is 0.124. The first-order valence-electron chi connectivity index (χ1n) is 4.17. The summed E-state index contributed by atoms with van der Waals surface area (Å²) in [4.78, 5) is 0. The molecule has 2 nitrogen and oxygen atoms in total. The Labute approximate surface area is 69.2 Å². The summed E-state index contributed by atoms with van der Waals surface area (Å²) < 4.78 is 0.